The zero-order chi connectivity index (χ0) is 28.1. The van der Waals surface area contributed by atoms with Crippen molar-refractivity contribution in [3.05, 3.63) is 71.8 Å². The van der Waals surface area contributed by atoms with Crippen molar-refractivity contribution in [2.75, 3.05) is 0 Å². The molecular weight excluding hydrogens is 474 g/mol. The van der Waals surface area contributed by atoms with Gasteiger partial charge in [-0.2, -0.15) is 0 Å². The number of hydrogen-bond acceptors (Lipinski definition) is 4. The standard InChI is InChI=1S/C30H39NO4.C3H8/c1-21-10-9-13-27(18-21)34-28(32)22(2)19-26(31-29(33)35-30(3,4)5)20-23-14-16-25(17-15-23)24-11-7-6-8-12-24;1-3-2/h6-8,11-12,14-17,19,21,26-27H,9-10,13,18,20H2,1-5H3,(H,31,33);3H2,1-2H3/b22-19+;. The van der Waals surface area contributed by atoms with Crippen molar-refractivity contribution in [2.24, 2.45) is 5.92 Å². The lowest BCUT2D eigenvalue weighted by Crippen LogP contribution is -2.39. The molecule has 38 heavy (non-hydrogen) atoms. The van der Waals surface area contributed by atoms with Crippen molar-refractivity contribution in [1.29, 1.82) is 0 Å². The molecule has 3 unspecified atom stereocenters. The minimum Gasteiger partial charge on any atom is -0.459 e. The highest BCUT2D eigenvalue weighted by atomic mass is 16.6. The molecule has 5 heteroatoms. The summed E-state index contributed by atoms with van der Waals surface area (Å²) < 4.78 is 11.2. The zero-order valence-electron chi connectivity index (χ0n) is 24.4. The monoisotopic (exact) mass is 521 g/mol. The Morgan fingerprint density at radius 1 is 1.00 bits per heavy atom. The van der Waals surface area contributed by atoms with Gasteiger partial charge in [0.15, 0.2) is 0 Å². The van der Waals surface area contributed by atoms with Gasteiger partial charge in [-0.3, -0.25) is 0 Å². The van der Waals surface area contributed by atoms with E-state index in [1.165, 1.54) is 12.8 Å². The van der Waals surface area contributed by atoms with Crippen LogP contribution in [-0.4, -0.2) is 29.8 Å². The summed E-state index contributed by atoms with van der Waals surface area (Å²) in [5, 5.41) is 2.92. The molecule has 0 aliphatic heterocycles. The number of hydrogen-bond donors (Lipinski definition) is 1. The van der Waals surface area contributed by atoms with Crippen LogP contribution in [0.15, 0.2) is 66.2 Å². The Hall–Kier alpha value is -3.08. The van der Waals surface area contributed by atoms with Crippen LogP contribution in [-0.2, 0) is 20.7 Å². The molecule has 0 saturated heterocycles. The molecule has 0 spiro atoms. The van der Waals surface area contributed by atoms with Crippen LogP contribution in [0.4, 0.5) is 4.79 Å². The van der Waals surface area contributed by atoms with Gasteiger partial charge < -0.3 is 14.8 Å². The number of benzene rings is 2. The summed E-state index contributed by atoms with van der Waals surface area (Å²) in [6.07, 6.45) is 7.11. The summed E-state index contributed by atoms with van der Waals surface area (Å²) in [6.45, 7) is 13.7. The van der Waals surface area contributed by atoms with E-state index < -0.39 is 17.7 Å². The van der Waals surface area contributed by atoms with Gasteiger partial charge in [0.1, 0.15) is 11.7 Å². The van der Waals surface area contributed by atoms with Crippen molar-refractivity contribution < 1.29 is 19.1 Å². The van der Waals surface area contributed by atoms with E-state index in [0.717, 1.165) is 36.0 Å². The summed E-state index contributed by atoms with van der Waals surface area (Å²) in [4.78, 5) is 25.3. The number of esters is 1. The second kappa shape index (κ2) is 15.4. The molecule has 0 radical (unpaired) electrons. The minimum atomic E-state index is -0.610. The largest absolute Gasteiger partial charge is 0.459 e. The lowest BCUT2D eigenvalue weighted by Gasteiger charge is -2.27. The van der Waals surface area contributed by atoms with Crippen LogP contribution in [0.1, 0.15) is 86.1 Å². The fraction of sp³-hybridized carbons (Fsp3) is 0.515. The molecule has 1 fully saturated rings. The van der Waals surface area contributed by atoms with Gasteiger partial charge in [0.05, 0.1) is 6.04 Å². The lowest BCUT2D eigenvalue weighted by molar-refractivity contribution is -0.146. The third-order valence-electron chi connectivity index (χ3n) is 6.15. The van der Waals surface area contributed by atoms with E-state index in [4.69, 9.17) is 9.47 Å². The van der Waals surface area contributed by atoms with Crippen LogP contribution < -0.4 is 5.32 Å². The van der Waals surface area contributed by atoms with E-state index in [1.807, 2.05) is 39.0 Å². The number of carbonyl (C=O) groups is 2. The van der Waals surface area contributed by atoms with Gasteiger partial charge in [-0.15, -0.1) is 0 Å². The molecule has 2 aromatic carbocycles. The predicted molar refractivity (Wildman–Crippen MR) is 156 cm³/mol. The van der Waals surface area contributed by atoms with Crippen LogP contribution in [0.2, 0.25) is 0 Å². The Labute approximate surface area is 230 Å². The Balaban J connectivity index is 0.00000161. The Kier molecular flexibility index (Phi) is 12.6. The van der Waals surface area contributed by atoms with Crippen LogP contribution in [0.5, 0.6) is 0 Å². The summed E-state index contributed by atoms with van der Waals surface area (Å²) >= 11 is 0. The van der Waals surface area contributed by atoms with Gasteiger partial charge in [0, 0.05) is 5.57 Å². The number of carbonyl (C=O) groups excluding carboxylic acids is 2. The van der Waals surface area contributed by atoms with E-state index >= 15 is 0 Å². The molecule has 1 saturated carbocycles. The van der Waals surface area contributed by atoms with Crippen molar-refractivity contribution in [3.63, 3.8) is 0 Å². The van der Waals surface area contributed by atoms with E-state index in [0.29, 0.717) is 17.9 Å². The van der Waals surface area contributed by atoms with Gasteiger partial charge in [-0.1, -0.05) is 94.3 Å². The van der Waals surface area contributed by atoms with Gasteiger partial charge in [0.25, 0.3) is 0 Å². The molecule has 2 aromatic rings. The first-order chi connectivity index (χ1) is 18.0. The lowest BCUT2D eigenvalue weighted by atomic mass is 9.89. The van der Waals surface area contributed by atoms with E-state index in [-0.39, 0.29) is 12.1 Å². The van der Waals surface area contributed by atoms with Gasteiger partial charge in [-0.25, -0.2) is 9.59 Å². The molecular formula is C33H47NO4. The first-order valence-electron chi connectivity index (χ1n) is 14.0. The maximum atomic E-state index is 12.8. The van der Waals surface area contributed by atoms with Crippen molar-refractivity contribution in [2.45, 2.75) is 105 Å². The molecule has 0 aromatic heterocycles. The van der Waals surface area contributed by atoms with Crippen LogP contribution in [0, 0.1) is 5.92 Å². The highest BCUT2D eigenvalue weighted by Crippen LogP contribution is 2.26. The molecule has 3 atom stereocenters. The van der Waals surface area contributed by atoms with Crippen LogP contribution in [0.25, 0.3) is 11.1 Å². The number of rotatable bonds is 7. The molecule has 1 aliphatic rings. The number of alkyl carbamates (subject to hydrolysis) is 1. The third-order valence-corrected chi connectivity index (χ3v) is 6.15. The number of amides is 1. The number of ether oxygens (including phenoxy) is 2. The van der Waals surface area contributed by atoms with Crippen molar-refractivity contribution >= 4 is 12.1 Å². The molecule has 208 valence electrons. The smallest absolute Gasteiger partial charge is 0.408 e. The summed E-state index contributed by atoms with van der Waals surface area (Å²) in [5.74, 6) is 0.255. The molecule has 0 heterocycles. The highest BCUT2D eigenvalue weighted by molar-refractivity contribution is 5.88. The minimum absolute atomic E-state index is 0.0302. The fourth-order valence-corrected chi connectivity index (χ4v) is 4.43. The Bertz CT molecular complexity index is 1020. The Morgan fingerprint density at radius 3 is 2.18 bits per heavy atom. The molecule has 1 N–H and O–H groups in total. The molecule has 3 rings (SSSR count). The normalized spacial score (nSPS) is 18.4. The predicted octanol–water partition coefficient (Wildman–Crippen LogP) is 8.27. The molecule has 1 amide bonds. The zero-order valence-corrected chi connectivity index (χ0v) is 24.4. The number of nitrogens with one attached hydrogen (secondary N) is 1. The molecule has 5 nitrogen and oxygen atoms in total. The third kappa shape index (κ3) is 11.5. The summed E-state index contributed by atoms with van der Waals surface area (Å²) in [6, 6.07) is 18.0. The van der Waals surface area contributed by atoms with E-state index in [9.17, 15) is 9.59 Å². The average molecular weight is 522 g/mol. The maximum absolute atomic E-state index is 12.8. The first-order valence-corrected chi connectivity index (χ1v) is 14.0. The second-order valence-corrected chi connectivity index (χ2v) is 11.4. The van der Waals surface area contributed by atoms with Gasteiger partial charge >= 0.3 is 12.1 Å². The second-order valence-electron chi connectivity index (χ2n) is 11.4. The molecule has 0 bridgehead atoms. The summed E-state index contributed by atoms with van der Waals surface area (Å²) in [7, 11) is 0. The van der Waals surface area contributed by atoms with Crippen molar-refractivity contribution in [1.82, 2.24) is 5.32 Å². The Morgan fingerprint density at radius 2 is 1.61 bits per heavy atom. The fourth-order valence-electron chi connectivity index (χ4n) is 4.43. The first kappa shape index (κ1) is 31.1. The van der Waals surface area contributed by atoms with Gasteiger partial charge in [-0.05, 0) is 76.0 Å². The molecule has 1 aliphatic carbocycles. The highest BCUT2D eigenvalue weighted by Gasteiger charge is 2.24. The topological polar surface area (TPSA) is 64.6 Å². The van der Waals surface area contributed by atoms with E-state index in [1.54, 1.807) is 13.0 Å². The van der Waals surface area contributed by atoms with Crippen molar-refractivity contribution in [3.8, 4) is 11.1 Å². The quantitative estimate of drug-likeness (QED) is 0.294. The van der Waals surface area contributed by atoms with Crippen LogP contribution in [0.3, 0.4) is 0 Å². The maximum Gasteiger partial charge on any atom is 0.408 e. The van der Waals surface area contributed by atoms with Crippen LogP contribution >= 0.6 is 0 Å². The van der Waals surface area contributed by atoms with Gasteiger partial charge in [0.2, 0.25) is 0 Å². The average Bonchev–Trinajstić information content (AvgIpc) is 2.84. The van der Waals surface area contributed by atoms with E-state index in [2.05, 4.69) is 62.5 Å². The SMILES string of the molecule is C/C(=C\C(Cc1ccc(-c2ccccc2)cc1)NC(=O)OC(C)(C)C)C(=O)OC1CCCC(C)C1.CCC. The summed E-state index contributed by atoms with van der Waals surface area (Å²) in [5.41, 5.74) is 3.21.